The molecule has 1 amide bonds. The molecule has 0 radical (unpaired) electrons. The van der Waals surface area contributed by atoms with E-state index in [1.54, 1.807) is 25.1 Å². The summed E-state index contributed by atoms with van der Waals surface area (Å²) in [5, 5.41) is 0. The first-order chi connectivity index (χ1) is 8.58. The average molecular weight is 250 g/mol. The van der Waals surface area contributed by atoms with Crippen LogP contribution < -0.4 is 11.5 Å². The van der Waals surface area contributed by atoms with Gasteiger partial charge in [0, 0.05) is 11.1 Å². The molecule has 0 aliphatic carbocycles. The number of aldehydes is 1. The smallest absolute Gasteiger partial charge is 0.248 e. The zero-order chi connectivity index (χ0) is 14.0. The van der Waals surface area contributed by atoms with E-state index in [4.69, 9.17) is 11.5 Å². The van der Waals surface area contributed by atoms with Gasteiger partial charge in [0.05, 0.1) is 0 Å². The van der Waals surface area contributed by atoms with Crippen LogP contribution in [0, 0.1) is 6.92 Å². The second-order valence-electron chi connectivity index (χ2n) is 4.00. The SMILES string of the molecule is CCCCCN.Cc1c(C=O)cccc1C(N)=O. The van der Waals surface area contributed by atoms with E-state index in [1.165, 1.54) is 19.3 Å². The summed E-state index contributed by atoms with van der Waals surface area (Å²) in [6.07, 6.45) is 4.46. The lowest BCUT2D eigenvalue weighted by Crippen LogP contribution is -2.13. The summed E-state index contributed by atoms with van der Waals surface area (Å²) < 4.78 is 0. The average Bonchev–Trinajstić information content (AvgIpc) is 2.37. The predicted molar refractivity (Wildman–Crippen MR) is 73.7 cm³/mol. The predicted octanol–water partition coefficient (Wildman–Crippen LogP) is 2.04. The summed E-state index contributed by atoms with van der Waals surface area (Å²) in [6.45, 7) is 4.73. The maximum absolute atomic E-state index is 10.8. The van der Waals surface area contributed by atoms with E-state index in [2.05, 4.69) is 6.92 Å². The third kappa shape index (κ3) is 5.59. The van der Waals surface area contributed by atoms with E-state index in [0.29, 0.717) is 23.0 Å². The Kier molecular flexibility index (Phi) is 8.49. The number of amides is 1. The van der Waals surface area contributed by atoms with Crippen molar-refractivity contribution in [3.8, 4) is 0 Å². The number of hydrogen-bond donors (Lipinski definition) is 2. The van der Waals surface area contributed by atoms with Crippen LogP contribution in [0.4, 0.5) is 0 Å². The molecule has 0 unspecified atom stereocenters. The van der Waals surface area contributed by atoms with Gasteiger partial charge in [-0.05, 0) is 31.5 Å². The number of rotatable bonds is 5. The van der Waals surface area contributed by atoms with Crippen molar-refractivity contribution < 1.29 is 9.59 Å². The van der Waals surface area contributed by atoms with Crippen molar-refractivity contribution in [1.82, 2.24) is 0 Å². The van der Waals surface area contributed by atoms with Gasteiger partial charge in [-0.1, -0.05) is 31.9 Å². The Morgan fingerprint density at radius 1 is 1.33 bits per heavy atom. The van der Waals surface area contributed by atoms with Crippen LogP contribution in [0.5, 0.6) is 0 Å². The molecule has 0 bridgehead atoms. The van der Waals surface area contributed by atoms with Gasteiger partial charge in [0.25, 0.3) is 0 Å². The standard InChI is InChI=1S/C9H9NO2.C5H13N/c1-6-7(5-11)3-2-4-8(6)9(10)12;1-2-3-4-5-6/h2-5H,1H3,(H2,10,12);2-6H2,1H3. The summed E-state index contributed by atoms with van der Waals surface area (Å²) in [5.41, 5.74) is 11.8. The Balaban J connectivity index is 0.000000411. The van der Waals surface area contributed by atoms with Gasteiger partial charge in [0.15, 0.2) is 0 Å². The van der Waals surface area contributed by atoms with E-state index < -0.39 is 5.91 Å². The summed E-state index contributed by atoms with van der Waals surface area (Å²) in [6, 6.07) is 4.89. The number of primary amides is 1. The first kappa shape index (κ1) is 16.3. The van der Waals surface area contributed by atoms with Crippen molar-refractivity contribution >= 4 is 12.2 Å². The molecule has 0 spiro atoms. The van der Waals surface area contributed by atoms with Crippen molar-refractivity contribution in [3.05, 3.63) is 34.9 Å². The highest BCUT2D eigenvalue weighted by molar-refractivity contribution is 5.96. The van der Waals surface area contributed by atoms with E-state index in [-0.39, 0.29) is 0 Å². The van der Waals surface area contributed by atoms with Crippen molar-refractivity contribution in [2.75, 3.05) is 6.54 Å². The molecule has 4 N–H and O–H groups in total. The Bertz CT molecular complexity index is 385. The number of unbranched alkanes of at least 4 members (excludes halogenated alkanes) is 2. The molecule has 1 aromatic carbocycles. The largest absolute Gasteiger partial charge is 0.366 e. The normalized spacial score (nSPS) is 9.28. The molecule has 0 heterocycles. The fourth-order valence-corrected chi connectivity index (χ4v) is 1.44. The number of carbonyl (C=O) groups is 2. The minimum absolute atomic E-state index is 0.402. The molecule has 1 aromatic rings. The third-order valence-electron chi connectivity index (χ3n) is 2.58. The molecule has 0 atom stereocenters. The van der Waals surface area contributed by atoms with Crippen LogP contribution in [-0.4, -0.2) is 18.7 Å². The zero-order valence-corrected chi connectivity index (χ0v) is 11.1. The van der Waals surface area contributed by atoms with Gasteiger partial charge in [-0.25, -0.2) is 0 Å². The zero-order valence-electron chi connectivity index (χ0n) is 11.1. The Morgan fingerprint density at radius 2 is 2.00 bits per heavy atom. The molecule has 4 nitrogen and oxygen atoms in total. The Morgan fingerprint density at radius 3 is 2.39 bits per heavy atom. The maximum atomic E-state index is 10.8. The molecule has 0 aliphatic rings. The highest BCUT2D eigenvalue weighted by Crippen LogP contribution is 2.10. The third-order valence-corrected chi connectivity index (χ3v) is 2.58. The number of nitrogens with two attached hydrogens (primary N) is 2. The van der Waals surface area contributed by atoms with Gasteiger partial charge in [-0.15, -0.1) is 0 Å². The van der Waals surface area contributed by atoms with Crippen molar-refractivity contribution in [2.45, 2.75) is 33.1 Å². The fraction of sp³-hybridized carbons (Fsp3) is 0.429. The number of benzene rings is 1. The first-order valence-corrected chi connectivity index (χ1v) is 6.13. The van der Waals surface area contributed by atoms with Crippen molar-refractivity contribution in [3.63, 3.8) is 0 Å². The molecule has 0 fully saturated rings. The summed E-state index contributed by atoms with van der Waals surface area (Å²) in [5.74, 6) is -0.504. The lowest BCUT2D eigenvalue weighted by atomic mass is 10.0. The van der Waals surface area contributed by atoms with Crippen LogP contribution in [0.25, 0.3) is 0 Å². The monoisotopic (exact) mass is 250 g/mol. The maximum Gasteiger partial charge on any atom is 0.248 e. The molecule has 0 saturated carbocycles. The second kappa shape index (κ2) is 9.36. The summed E-state index contributed by atoms with van der Waals surface area (Å²) in [4.78, 5) is 21.2. The lowest BCUT2D eigenvalue weighted by molar-refractivity contribution is 0.0999. The molecular formula is C14H22N2O2. The Labute approximate surface area is 108 Å². The van der Waals surface area contributed by atoms with E-state index in [1.807, 2.05) is 0 Å². The highest BCUT2D eigenvalue weighted by atomic mass is 16.1. The molecule has 0 aromatic heterocycles. The van der Waals surface area contributed by atoms with Crippen LogP contribution >= 0.6 is 0 Å². The van der Waals surface area contributed by atoms with Gasteiger partial charge >= 0.3 is 0 Å². The summed E-state index contributed by atoms with van der Waals surface area (Å²) >= 11 is 0. The highest BCUT2D eigenvalue weighted by Gasteiger charge is 2.06. The summed E-state index contributed by atoms with van der Waals surface area (Å²) in [7, 11) is 0. The van der Waals surface area contributed by atoms with Gasteiger partial charge in [-0.2, -0.15) is 0 Å². The molecule has 18 heavy (non-hydrogen) atoms. The van der Waals surface area contributed by atoms with Crippen LogP contribution in [0.15, 0.2) is 18.2 Å². The quantitative estimate of drug-likeness (QED) is 0.619. The molecule has 4 heteroatoms. The second-order valence-corrected chi connectivity index (χ2v) is 4.00. The first-order valence-electron chi connectivity index (χ1n) is 6.13. The fourth-order valence-electron chi connectivity index (χ4n) is 1.44. The van der Waals surface area contributed by atoms with Gasteiger partial charge in [-0.3, -0.25) is 9.59 Å². The number of carbonyl (C=O) groups excluding carboxylic acids is 2. The lowest BCUT2D eigenvalue weighted by Gasteiger charge is -2.02. The Hall–Kier alpha value is -1.68. The van der Waals surface area contributed by atoms with Gasteiger partial charge < -0.3 is 11.5 Å². The van der Waals surface area contributed by atoms with Crippen molar-refractivity contribution in [1.29, 1.82) is 0 Å². The minimum Gasteiger partial charge on any atom is -0.366 e. The van der Waals surface area contributed by atoms with Gasteiger partial charge in [0.2, 0.25) is 5.91 Å². The van der Waals surface area contributed by atoms with Gasteiger partial charge in [0.1, 0.15) is 6.29 Å². The molecule has 100 valence electrons. The van der Waals surface area contributed by atoms with Crippen LogP contribution in [0.1, 0.15) is 52.5 Å². The van der Waals surface area contributed by atoms with Crippen LogP contribution in [0.3, 0.4) is 0 Å². The molecule has 1 rings (SSSR count). The molecule has 0 aliphatic heterocycles. The van der Waals surface area contributed by atoms with E-state index in [0.717, 1.165) is 6.54 Å². The van der Waals surface area contributed by atoms with E-state index in [9.17, 15) is 9.59 Å². The number of hydrogen-bond acceptors (Lipinski definition) is 3. The van der Waals surface area contributed by atoms with Crippen LogP contribution in [-0.2, 0) is 0 Å². The molecule has 0 saturated heterocycles. The van der Waals surface area contributed by atoms with Crippen molar-refractivity contribution in [2.24, 2.45) is 11.5 Å². The minimum atomic E-state index is -0.504. The molecular weight excluding hydrogens is 228 g/mol. The van der Waals surface area contributed by atoms with Crippen LogP contribution in [0.2, 0.25) is 0 Å². The topological polar surface area (TPSA) is 86.2 Å². The van der Waals surface area contributed by atoms with E-state index >= 15 is 0 Å².